The van der Waals surface area contributed by atoms with E-state index in [4.69, 9.17) is 9.26 Å². The topological polar surface area (TPSA) is 118 Å². The van der Waals surface area contributed by atoms with Crippen LogP contribution in [0.2, 0.25) is 0 Å². The lowest BCUT2D eigenvalue weighted by atomic mass is 10.2. The van der Waals surface area contributed by atoms with Crippen LogP contribution in [0, 0.1) is 0 Å². The van der Waals surface area contributed by atoms with Crippen LogP contribution in [0.1, 0.15) is 29.9 Å². The fraction of sp³-hybridized carbons (Fsp3) is 0.550. The van der Waals surface area contributed by atoms with Gasteiger partial charge >= 0.3 is 11.8 Å². The number of amides is 1. The third kappa shape index (κ3) is 5.29. The van der Waals surface area contributed by atoms with Gasteiger partial charge in [-0.1, -0.05) is 11.6 Å². The fourth-order valence-corrected chi connectivity index (χ4v) is 5.21. The maximum Gasteiger partial charge on any atom is 0.316 e. The largest absolute Gasteiger partial charge is 0.379 e. The third-order valence-electron chi connectivity index (χ3n) is 5.50. The molecule has 0 saturated carbocycles. The number of carbonyl (C=O) groups is 1. The molecule has 0 aliphatic carbocycles. The number of hydrogen-bond donors (Lipinski definition) is 1. The van der Waals surface area contributed by atoms with E-state index in [1.54, 1.807) is 12.1 Å². The Morgan fingerprint density at radius 2 is 1.74 bits per heavy atom. The van der Waals surface area contributed by atoms with E-state index in [0.29, 0.717) is 38.4 Å². The van der Waals surface area contributed by atoms with Crippen LogP contribution in [0.15, 0.2) is 33.7 Å². The number of carbonyl (C=O) groups excluding carboxylic acids is 1. The van der Waals surface area contributed by atoms with E-state index >= 15 is 0 Å². The normalized spacial score (nSPS) is 18.7. The molecule has 1 N–H and O–H groups in total. The minimum absolute atomic E-state index is 0.123. The van der Waals surface area contributed by atoms with Crippen LogP contribution in [-0.4, -0.2) is 86.2 Å². The molecule has 0 radical (unpaired) electrons. The molecule has 3 heterocycles. The Bertz CT molecular complexity index is 980. The van der Waals surface area contributed by atoms with Crippen LogP contribution in [0.25, 0.3) is 11.4 Å². The number of nitrogens with one attached hydrogen (secondary N) is 1. The predicted molar refractivity (Wildman–Crippen MR) is 112 cm³/mol. The third-order valence-corrected chi connectivity index (χ3v) is 7.42. The van der Waals surface area contributed by atoms with Crippen molar-refractivity contribution in [2.45, 2.75) is 24.2 Å². The van der Waals surface area contributed by atoms with E-state index in [1.165, 1.54) is 16.4 Å². The van der Waals surface area contributed by atoms with E-state index in [9.17, 15) is 13.2 Å². The van der Waals surface area contributed by atoms with Crippen molar-refractivity contribution in [1.82, 2.24) is 24.7 Å². The number of piperidine rings is 1. The lowest BCUT2D eigenvalue weighted by Crippen LogP contribution is -2.41. The van der Waals surface area contributed by atoms with Crippen LogP contribution in [0.4, 0.5) is 0 Å². The van der Waals surface area contributed by atoms with Gasteiger partial charge in [-0.25, -0.2) is 8.42 Å². The molecule has 168 valence electrons. The van der Waals surface area contributed by atoms with Crippen molar-refractivity contribution in [3.8, 4) is 11.4 Å². The Labute approximate surface area is 181 Å². The van der Waals surface area contributed by atoms with Crippen molar-refractivity contribution >= 4 is 15.9 Å². The van der Waals surface area contributed by atoms with Crippen molar-refractivity contribution in [2.75, 3.05) is 52.5 Å². The minimum Gasteiger partial charge on any atom is -0.379 e. The maximum atomic E-state index is 12.8. The highest BCUT2D eigenvalue weighted by atomic mass is 32.2. The second-order valence-electron chi connectivity index (χ2n) is 7.62. The van der Waals surface area contributed by atoms with E-state index in [1.807, 2.05) is 0 Å². The summed E-state index contributed by atoms with van der Waals surface area (Å²) in [5.41, 5.74) is 0.578. The Morgan fingerprint density at radius 1 is 1.03 bits per heavy atom. The van der Waals surface area contributed by atoms with Crippen LogP contribution in [0.3, 0.4) is 0 Å². The number of aromatic nitrogens is 2. The number of ether oxygens (including phenoxy) is 1. The van der Waals surface area contributed by atoms with E-state index < -0.39 is 15.9 Å². The summed E-state index contributed by atoms with van der Waals surface area (Å²) in [5, 5.41) is 6.63. The molecule has 10 nitrogen and oxygen atoms in total. The molecule has 2 saturated heterocycles. The number of morpholine rings is 1. The summed E-state index contributed by atoms with van der Waals surface area (Å²) < 4.78 is 37.4. The van der Waals surface area contributed by atoms with Gasteiger partial charge in [0.25, 0.3) is 0 Å². The smallest absolute Gasteiger partial charge is 0.316 e. The molecule has 2 aromatic rings. The summed E-state index contributed by atoms with van der Waals surface area (Å²) in [5.74, 6) is -0.321. The monoisotopic (exact) mass is 449 g/mol. The zero-order valence-electron chi connectivity index (χ0n) is 17.3. The van der Waals surface area contributed by atoms with Gasteiger partial charge in [0.15, 0.2) is 0 Å². The second-order valence-corrected chi connectivity index (χ2v) is 9.56. The molecule has 2 aliphatic heterocycles. The summed E-state index contributed by atoms with van der Waals surface area (Å²) >= 11 is 0. The van der Waals surface area contributed by atoms with Crippen LogP contribution >= 0.6 is 0 Å². The van der Waals surface area contributed by atoms with Gasteiger partial charge in [0.05, 0.1) is 18.1 Å². The standard InChI is InChI=1S/C20H27N5O5S/c26-19(21-8-11-24-12-14-29-15-13-24)20-22-18(23-30-20)16-4-6-17(7-5-16)31(27,28)25-9-2-1-3-10-25/h4-7H,1-3,8-15H2,(H,21,26). The highest BCUT2D eigenvalue weighted by molar-refractivity contribution is 7.89. The predicted octanol–water partition coefficient (Wildman–Crippen LogP) is 0.973. The Morgan fingerprint density at radius 3 is 2.45 bits per heavy atom. The summed E-state index contributed by atoms with van der Waals surface area (Å²) in [6.45, 7) is 5.42. The number of rotatable bonds is 7. The SMILES string of the molecule is O=C(NCCN1CCOCC1)c1nc(-c2ccc(S(=O)(=O)N3CCCCC3)cc2)no1. The molecule has 1 amide bonds. The summed E-state index contributed by atoms with van der Waals surface area (Å²) in [7, 11) is -3.50. The van der Waals surface area contributed by atoms with E-state index in [0.717, 1.165) is 38.9 Å². The number of nitrogens with zero attached hydrogens (tertiary/aromatic N) is 4. The first-order valence-corrected chi connectivity index (χ1v) is 12.0. The average Bonchev–Trinajstić information content (AvgIpc) is 3.31. The Balaban J connectivity index is 1.35. The van der Waals surface area contributed by atoms with Gasteiger partial charge in [0.2, 0.25) is 15.8 Å². The first kappa shape index (κ1) is 21.9. The lowest BCUT2D eigenvalue weighted by molar-refractivity contribution is 0.0382. The quantitative estimate of drug-likeness (QED) is 0.665. The molecule has 2 aliphatic rings. The van der Waals surface area contributed by atoms with E-state index in [2.05, 4.69) is 20.4 Å². The van der Waals surface area contributed by atoms with Crippen molar-refractivity contribution < 1.29 is 22.5 Å². The maximum absolute atomic E-state index is 12.8. The molecule has 1 aromatic heterocycles. The number of hydrogen-bond acceptors (Lipinski definition) is 8. The highest BCUT2D eigenvalue weighted by Gasteiger charge is 2.26. The van der Waals surface area contributed by atoms with Gasteiger partial charge in [-0.2, -0.15) is 9.29 Å². The first-order chi connectivity index (χ1) is 15.0. The van der Waals surface area contributed by atoms with Gasteiger partial charge in [0.1, 0.15) is 0 Å². The second kappa shape index (κ2) is 9.86. The highest BCUT2D eigenvalue weighted by Crippen LogP contribution is 2.23. The number of benzene rings is 1. The summed E-state index contributed by atoms with van der Waals surface area (Å²) in [6.07, 6.45) is 2.83. The molecule has 2 fully saturated rings. The molecule has 4 rings (SSSR count). The average molecular weight is 450 g/mol. The lowest BCUT2D eigenvalue weighted by Gasteiger charge is -2.26. The molecular formula is C20H27N5O5S. The molecule has 0 spiro atoms. The van der Waals surface area contributed by atoms with Crippen molar-refractivity contribution in [2.24, 2.45) is 0 Å². The molecule has 31 heavy (non-hydrogen) atoms. The number of sulfonamides is 1. The fourth-order valence-electron chi connectivity index (χ4n) is 3.69. The van der Waals surface area contributed by atoms with Gasteiger partial charge in [-0.05, 0) is 37.1 Å². The molecular weight excluding hydrogens is 422 g/mol. The zero-order valence-corrected chi connectivity index (χ0v) is 18.1. The molecule has 1 aromatic carbocycles. The van der Waals surface area contributed by atoms with E-state index in [-0.39, 0.29) is 16.6 Å². The minimum atomic E-state index is -3.50. The van der Waals surface area contributed by atoms with Crippen molar-refractivity contribution in [1.29, 1.82) is 0 Å². The molecule has 0 atom stereocenters. The zero-order chi connectivity index (χ0) is 21.7. The van der Waals surface area contributed by atoms with Crippen molar-refractivity contribution in [3.05, 3.63) is 30.2 Å². The van der Waals surface area contributed by atoms with Gasteiger partial charge in [0, 0.05) is 44.8 Å². The molecule has 0 unspecified atom stereocenters. The Hall–Kier alpha value is -2.34. The van der Waals surface area contributed by atoms with Crippen LogP contribution in [0.5, 0.6) is 0 Å². The molecule has 11 heteroatoms. The van der Waals surface area contributed by atoms with Crippen LogP contribution < -0.4 is 5.32 Å². The van der Waals surface area contributed by atoms with Gasteiger partial charge in [-0.15, -0.1) is 0 Å². The summed E-state index contributed by atoms with van der Waals surface area (Å²) in [4.78, 5) is 18.8. The molecule has 0 bridgehead atoms. The Kier molecular flexibility index (Phi) is 6.96. The van der Waals surface area contributed by atoms with Gasteiger partial charge < -0.3 is 14.6 Å². The van der Waals surface area contributed by atoms with Crippen LogP contribution in [-0.2, 0) is 14.8 Å². The summed E-state index contributed by atoms with van der Waals surface area (Å²) in [6, 6.07) is 6.33. The first-order valence-electron chi connectivity index (χ1n) is 10.6. The van der Waals surface area contributed by atoms with Crippen molar-refractivity contribution in [3.63, 3.8) is 0 Å². The van der Waals surface area contributed by atoms with Gasteiger partial charge in [-0.3, -0.25) is 9.69 Å².